The molecule has 0 heterocycles. The van der Waals surface area contributed by atoms with Gasteiger partial charge in [0, 0.05) is 13.7 Å². The molecule has 0 aromatic heterocycles. The number of aryl methyl sites for hydroxylation is 1. The molecule has 0 aliphatic carbocycles. The first kappa shape index (κ1) is 17.2. The van der Waals surface area contributed by atoms with E-state index in [2.05, 4.69) is 10.0 Å². The molecule has 2 aromatic carbocycles. The van der Waals surface area contributed by atoms with Crippen molar-refractivity contribution in [1.82, 2.24) is 0 Å². The van der Waals surface area contributed by atoms with Crippen LogP contribution in [0.4, 0.5) is 15.8 Å². The number of halogens is 1. The summed E-state index contributed by atoms with van der Waals surface area (Å²) in [4.78, 5) is 0.121. The van der Waals surface area contributed by atoms with Crippen molar-refractivity contribution in [2.45, 2.75) is 11.8 Å². The summed E-state index contributed by atoms with van der Waals surface area (Å²) in [5.74, 6) is -0.537. The van der Waals surface area contributed by atoms with Gasteiger partial charge in [-0.2, -0.15) is 0 Å². The Morgan fingerprint density at radius 2 is 1.83 bits per heavy atom. The number of benzene rings is 2. The quantitative estimate of drug-likeness (QED) is 0.762. The van der Waals surface area contributed by atoms with Crippen LogP contribution in [0.15, 0.2) is 47.4 Å². The van der Waals surface area contributed by atoms with E-state index in [0.717, 1.165) is 5.56 Å². The average molecular weight is 338 g/mol. The molecule has 0 aliphatic heterocycles. The molecule has 0 atom stereocenters. The summed E-state index contributed by atoms with van der Waals surface area (Å²) < 4.78 is 46.1. The molecular weight excluding hydrogens is 319 g/mol. The van der Waals surface area contributed by atoms with Gasteiger partial charge < -0.3 is 10.1 Å². The number of ether oxygens (including phenoxy) is 1. The van der Waals surface area contributed by atoms with E-state index in [1.54, 1.807) is 12.1 Å². The molecule has 2 rings (SSSR count). The second-order valence-electron chi connectivity index (χ2n) is 5.00. The zero-order chi connectivity index (χ0) is 16.9. The topological polar surface area (TPSA) is 67.4 Å². The highest BCUT2D eigenvalue weighted by Crippen LogP contribution is 2.27. The molecule has 0 saturated heterocycles. The molecular formula is C16H19FN2O3S. The Hall–Kier alpha value is -2.12. The lowest BCUT2D eigenvalue weighted by Crippen LogP contribution is -2.16. The SMILES string of the molecule is COCCNc1c(F)cccc1NS(=O)(=O)c1ccc(C)cc1. The van der Waals surface area contributed by atoms with Crippen molar-refractivity contribution in [3.63, 3.8) is 0 Å². The van der Waals surface area contributed by atoms with Crippen molar-refractivity contribution in [3.05, 3.63) is 53.8 Å². The van der Waals surface area contributed by atoms with Crippen LogP contribution >= 0.6 is 0 Å². The van der Waals surface area contributed by atoms with Gasteiger partial charge in [-0.05, 0) is 31.2 Å². The Morgan fingerprint density at radius 3 is 2.48 bits per heavy atom. The maximum atomic E-state index is 14.0. The molecule has 0 radical (unpaired) electrons. The lowest BCUT2D eigenvalue weighted by molar-refractivity contribution is 0.210. The van der Waals surface area contributed by atoms with Crippen molar-refractivity contribution in [2.24, 2.45) is 0 Å². The molecule has 5 nitrogen and oxygen atoms in total. The van der Waals surface area contributed by atoms with Gasteiger partial charge in [0.25, 0.3) is 10.0 Å². The Morgan fingerprint density at radius 1 is 1.13 bits per heavy atom. The van der Waals surface area contributed by atoms with Crippen LogP contribution in [0.25, 0.3) is 0 Å². The van der Waals surface area contributed by atoms with Crippen LogP contribution in [-0.4, -0.2) is 28.7 Å². The predicted octanol–water partition coefficient (Wildman–Crippen LogP) is 2.99. The molecule has 0 amide bonds. The van der Waals surface area contributed by atoms with Gasteiger partial charge in [-0.25, -0.2) is 12.8 Å². The average Bonchev–Trinajstić information content (AvgIpc) is 2.50. The van der Waals surface area contributed by atoms with Crippen molar-refractivity contribution in [1.29, 1.82) is 0 Å². The lowest BCUT2D eigenvalue weighted by Gasteiger charge is -2.15. The van der Waals surface area contributed by atoms with Gasteiger partial charge in [0.2, 0.25) is 0 Å². The summed E-state index contributed by atoms with van der Waals surface area (Å²) in [6.45, 7) is 2.60. The Bertz CT molecular complexity index is 761. The highest BCUT2D eigenvalue weighted by molar-refractivity contribution is 7.92. The standard InChI is InChI=1S/C16H19FN2O3S/c1-12-6-8-13(9-7-12)23(20,21)19-15-5-3-4-14(17)16(15)18-10-11-22-2/h3-9,18-19H,10-11H2,1-2H3. The van der Waals surface area contributed by atoms with E-state index in [0.29, 0.717) is 13.2 Å². The second kappa shape index (κ2) is 7.43. The molecule has 0 unspecified atom stereocenters. The van der Waals surface area contributed by atoms with Gasteiger partial charge in [0.05, 0.1) is 22.9 Å². The predicted molar refractivity (Wildman–Crippen MR) is 88.8 cm³/mol. The normalized spacial score (nSPS) is 11.3. The Kier molecular flexibility index (Phi) is 5.57. The summed E-state index contributed by atoms with van der Waals surface area (Å²) in [6.07, 6.45) is 0. The maximum Gasteiger partial charge on any atom is 0.261 e. The van der Waals surface area contributed by atoms with Crippen LogP contribution in [0.3, 0.4) is 0 Å². The van der Waals surface area contributed by atoms with E-state index in [1.165, 1.54) is 37.4 Å². The van der Waals surface area contributed by atoms with E-state index in [9.17, 15) is 12.8 Å². The first-order chi connectivity index (χ1) is 10.9. The number of hydrogen-bond acceptors (Lipinski definition) is 4. The minimum atomic E-state index is -3.79. The van der Waals surface area contributed by atoms with Gasteiger partial charge in [-0.3, -0.25) is 4.72 Å². The lowest BCUT2D eigenvalue weighted by atomic mass is 10.2. The van der Waals surface area contributed by atoms with Crippen LogP contribution in [0.5, 0.6) is 0 Å². The third-order valence-corrected chi connectivity index (χ3v) is 4.58. The monoisotopic (exact) mass is 338 g/mol. The highest BCUT2D eigenvalue weighted by Gasteiger charge is 2.17. The number of methoxy groups -OCH3 is 1. The van der Waals surface area contributed by atoms with Crippen molar-refractivity contribution in [2.75, 3.05) is 30.3 Å². The number of rotatable bonds is 7. The summed E-state index contributed by atoms with van der Waals surface area (Å²) >= 11 is 0. The smallest absolute Gasteiger partial charge is 0.261 e. The summed E-state index contributed by atoms with van der Waals surface area (Å²) in [5.41, 5.74) is 1.21. The van der Waals surface area contributed by atoms with Crippen molar-refractivity contribution in [3.8, 4) is 0 Å². The van der Waals surface area contributed by atoms with Gasteiger partial charge in [0.15, 0.2) is 0 Å². The second-order valence-corrected chi connectivity index (χ2v) is 6.68. The van der Waals surface area contributed by atoms with Gasteiger partial charge in [0.1, 0.15) is 5.82 Å². The number of nitrogens with one attached hydrogen (secondary N) is 2. The minimum Gasteiger partial charge on any atom is -0.383 e. The van der Waals surface area contributed by atoms with Gasteiger partial charge in [-0.15, -0.1) is 0 Å². The van der Waals surface area contributed by atoms with Crippen molar-refractivity contribution >= 4 is 21.4 Å². The summed E-state index contributed by atoms with van der Waals surface area (Å²) in [5, 5.41) is 2.84. The van der Waals surface area contributed by atoms with E-state index < -0.39 is 15.8 Å². The Labute approximate surface area is 135 Å². The molecule has 0 aliphatic rings. The zero-order valence-corrected chi connectivity index (χ0v) is 13.8. The Balaban J connectivity index is 2.28. The van der Waals surface area contributed by atoms with E-state index in [1.807, 2.05) is 6.92 Å². The third-order valence-electron chi connectivity index (χ3n) is 3.20. The van der Waals surface area contributed by atoms with Crippen LogP contribution in [0, 0.1) is 12.7 Å². The molecule has 0 saturated carbocycles. The van der Waals surface area contributed by atoms with Crippen LogP contribution in [0.2, 0.25) is 0 Å². The zero-order valence-electron chi connectivity index (χ0n) is 13.0. The first-order valence-electron chi connectivity index (χ1n) is 7.05. The molecule has 0 bridgehead atoms. The molecule has 2 aromatic rings. The number of sulfonamides is 1. The molecule has 124 valence electrons. The van der Waals surface area contributed by atoms with E-state index in [-0.39, 0.29) is 16.3 Å². The van der Waals surface area contributed by atoms with Crippen LogP contribution < -0.4 is 10.0 Å². The van der Waals surface area contributed by atoms with Gasteiger partial charge >= 0.3 is 0 Å². The summed E-state index contributed by atoms with van der Waals surface area (Å²) in [7, 11) is -2.26. The fourth-order valence-electron chi connectivity index (χ4n) is 1.99. The summed E-state index contributed by atoms with van der Waals surface area (Å²) in [6, 6.07) is 10.6. The van der Waals surface area contributed by atoms with E-state index >= 15 is 0 Å². The molecule has 23 heavy (non-hydrogen) atoms. The molecule has 2 N–H and O–H groups in total. The molecule has 0 spiro atoms. The van der Waals surface area contributed by atoms with Crippen molar-refractivity contribution < 1.29 is 17.5 Å². The molecule has 7 heteroatoms. The minimum absolute atomic E-state index is 0.0974. The number of anilines is 2. The number of para-hydroxylation sites is 1. The van der Waals surface area contributed by atoms with Gasteiger partial charge in [-0.1, -0.05) is 23.8 Å². The third kappa shape index (κ3) is 4.43. The fourth-order valence-corrected chi connectivity index (χ4v) is 3.06. The first-order valence-corrected chi connectivity index (χ1v) is 8.53. The van der Waals surface area contributed by atoms with Crippen LogP contribution in [-0.2, 0) is 14.8 Å². The van der Waals surface area contributed by atoms with Crippen LogP contribution in [0.1, 0.15) is 5.56 Å². The largest absolute Gasteiger partial charge is 0.383 e. The fraction of sp³-hybridized carbons (Fsp3) is 0.250. The van der Waals surface area contributed by atoms with E-state index in [4.69, 9.17) is 4.74 Å². The highest BCUT2D eigenvalue weighted by atomic mass is 32.2. The number of hydrogen-bond donors (Lipinski definition) is 2. The molecule has 0 fully saturated rings. The maximum absolute atomic E-state index is 14.0.